The van der Waals surface area contributed by atoms with E-state index in [1.807, 2.05) is 18.2 Å². The molecule has 0 unspecified atom stereocenters. The van der Waals surface area contributed by atoms with E-state index in [9.17, 15) is 34.7 Å². The summed E-state index contributed by atoms with van der Waals surface area (Å²) in [5.74, 6) is -7.80. The highest BCUT2D eigenvalue weighted by Crippen LogP contribution is 2.59. The van der Waals surface area contributed by atoms with Gasteiger partial charge in [-0.25, -0.2) is 0 Å². The zero-order valence-corrected chi connectivity index (χ0v) is 17.3. The summed E-state index contributed by atoms with van der Waals surface area (Å²) in [5.41, 5.74) is 1.13. The number of benzene rings is 2. The fraction of sp³-hybridized carbons (Fsp3) is 0.333. The SMILES string of the molecule is O=C1[C@H]2[C@H](CC=C3[C@H]2C[C@H]2C(=O)N(O)C(=O)[C@H]2[C@H]3c2c(O)ccc3ccccc23)C(=O)N1O. The first kappa shape index (κ1) is 20.1. The van der Waals surface area contributed by atoms with Gasteiger partial charge in [0.2, 0.25) is 0 Å². The van der Waals surface area contributed by atoms with Crippen LogP contribution in [-0.4, -0.2) is 49.3 Å². The van der Waals surface area contributed by atoms with Gasteiger partial charge in [-0.05, 0) is 35.6 Å². The Balaban J connectivity index is 1.60. The molecule has 33 heavy (non-hydrogen) atoms. The van der Waals surface area contributed by atoms with Crippen LogP contribution in [0.4, 0.5) is 0 Å². The van der Waals surface area contributed by atoms with Crippen molar-refractivity contribution in [3.05, 3.63) is 53.6 Å². The topological polar surface area (TPSA) is 135 Å². The molecule has 2 aliphatic heterocycles. The fourth-order valence-electron chi connectivity index (χ4n) is 6.49. The standard InChI is InChI=1S/C24H20N2O7/c27-16-8-5-10-3-1-2-4-11(10)18(16)19-12-6-7-13-17(23(30)25(32)21(13)28)14(12)9-15-20(19)24(31)26(33)22(15)29/h1-6,8,13-15,17,19-20,27,32-33H,7,9H2/t13-,14+,15+,17-,19+,20+/m0/s1. The summed E-state index contributed by atoms with van der Waals surface area (Å²) in [4.78, 5) is 51.1. The molecule has 0 spiro atoms. The number of hydrogen-bond donors (Lipinski definition) is 3. The van der Waals surface area contributed by atoms with Crippen molar-refractivity contribution >= 4 is 34.4 Å². The first-order chi connectivity index (χ1) is 15.8. The molecule has 2 heterocycles. The summed E-state index contributed by atoms with van der Waals surface area (Å²) < 4.78 is 0. The first-order valence-electron chi connectivity index (χ1n) is 10.8. The zero-order valence-electron chi connectivity index (χ0n) is 17.3. The van der Waals surface area contributed by atoms with Gasteiger partial charge in [0.1, 0.15) is 5.75 Å². The number of hydroxylamine groups is 4. The highest BCUT2D eigenvalue weighted by molar-refractivity contribution is 6.07. The number of phenols is 1. The minimum absolute atomic E-state index is 0.0598. The third-order valence-corrected chi connectivity index (χ3v) is 7.86. The van der Waals surface area contributed by atoms with Crippen LogP contribution in [0.25, 0.3) is 10.8 Å². The Morgan fingerprint density at radius 2 is 1.42 bits per heavy atom. The molecular weight excluding hydrogens is 428 g/mol. The van der Waals surface area contributed by atoms with Crippen molar-refractivity contribution in [2.24, 2.45) is 29.6 Å². The van der Waals surface area contributed by atoms with Crippen LogP contribution in [0.3, 0.4) is 0 Å². The third-order valence-electron chi connectivity index (χ3n) is 7.86. The van der Waals surface area contributed by atoms with E-state index in [2.05, 4.69) is 0 Å². The van der Waals surface area contributed by atoms with Gasteiger partial charge in [-0.1, -0.05) is 42.0 Å². The van der Waals surface area contributed by atoms with Gasteiger partial charge in [0.25, 0.3) is 23.6 Å². The predicted octanol–water partition coefficient (Wildman–Crippen LogP) is 1.96. The maximum absolute atomic E-state index is 13.0. The van der Waals surface area contributed by atoms with Crippen LogP contribution in [0.15, 0.2) is 48.0 Å². The average molecular weight is 448 g/mol. The summed E-state index contributed by atoms with van der Waals surface area (Å²) in [6.07, 6.45) is 2.09. The molecule has 6 atom stereocenters. The van der Waals surface area contributed by atoms with Gasteiger partial charge in [-0.15, -0.1) is 0 Å². The molecule has 1 saturated carbocycles. The van der Waals surface area contributed by atoms with Crippen LogP contribution in [0.2, 0.25) is 0 Å². The number of imide groups is 2. The van der Waals surface area contributed by atoms with Crippen molar-refractivity contribution in [2.75, 3.05) is 0 Å². The Labute approximate surface area is 187 Å². The smallest absolute Gasteiger partial charge is 0.258 e. The average Bonchev–Trinajstić information content (AvgIpc) is 3.18. The molecule has 0 bridgehead atoms. The van der Waals surface area contributed by atoms with Crippen LogP contribution in [0, 0.1) is 29.6 Å². The van der Waals surface area contributed by atoms with Crippen LogP contribution in [0.1, 0.15) is 24.3 Å². The quantitative estimate of drug-likeness (QED) is 0.345. The summed E-state index contributed by atoms with van der Waals surface area (Å²) in [6, 6.07) is 10.6. The summed E-state index contributed by atoms with van der Waals surface area (Å²) in [5, 5.41) is 32.9. The maximum Gasteiger partial charge on any atom is 0.258 e. The van der Waals surface area contributed by atoms with Crippen molar-refractivity contribution in [1.29, 1.82) is 0 Å². The molecule has 9 heteroatoms. The lowest BCUT2D eigenvalue weighted by atomic mass is 9.56. The largest absolute Gasteiger partial charge is 0.508 e. The van der Waals surface area contributed by atoms with Gasteiger partial charge in [-0.2, -0.15) is 10.1 Å². The highest BCUT2D eigenvalue weighted by atomic mass is 16.5. The molecule has 3 fully saturated rings. The molecule has 0 aromatic heterocycles. The van der Waals surface area contributed by atoms with E-state index in [0.717, 1.165) is 5.39 Å². The van der Waals surface area contributed by atoms with Gasteiger partial charge < -0.3 is 5.11 Å². The maximum atomic E-state index is 13.0. The molecule has 2 saturated heterocycles. The predicted molar refractivity (Wildman–Crippen MR) is 110 cm³/mol. The molecule has 4 amide bonds. The molecule has 9 nitrogen and oxygen atoms in total. The molecule has 2 aliphatic carbocycles. The Hall–Kier alpha value is -3.56. The van der Waals surface area contributed by atoms with Crippen molar-refractivity contribution in [2.45, 2.75) is 18.8 Å². The van der Waals surface area contributed by atoms with Crippen LogP contribution in [-0.2, 0) is 19.2 Å². The van der Waals surface area contributed by atoms with E-state index in [4.69, 9.17) is 0 Å². The van der Waals surface area contributed by atoms with E-state index in [0.29, 0.717) is 16.5 Å². The molecule has 2 aromatic rings. The number of carbonyl (C=O) groups excluding carboxylic acids is 4. The third kappa shape index (κ3) is 2.49. The van der Waals surface area contributed by atoms with Crippen molar-refractivity contribution < 1.29 is 34.7 Å². The Kier molecular flexibility index (Phi) is 4.09. The second kappa shape index (κ2) is 6.72. The minimum Gasteiger partial charge on any atom is -0.508 e. The molecule has 0 radical (unpaired) electrons. The summed E-state index contributed by atoms with van der Waals surface area (Å²) in [7, 11) is 0. The number of hydrogen-bond acceptors (Lipinski definition) is 7. The van der Waals surface area contributed by atoms with Gasteiger partial charge in [0, 0.05) is 11.5 Å². The van der Waals surface area contributed by atoms with Crippen molar-refractivity contribution in [3.8, 4) is 5.75 Å². The van der Waals surface area contributed by atoms with E-state index in [1.165, 1.54) is 6.07 Å². The Morgan fingerprint density at radius 1 is 0.758 bits per heavy atom. The molecule has 4 aliphatic rings. The molecule has 3 N–H and O–H groups in total. The molecule has 168 valence electrons. The number of amides is 4. The monoisotopic (exact) mass is 448 g/mol. The molecular formula is C24H20N2O7. The second-order valence-corrected chi connectivity index (χ2v) is 9.22. The van der Waals surface area contributed by atoms with E-state index >= 15 is 0 Å². The van der Waals surface area contributed by atoms with Gasteiger partial charge in [0.05, 0.1) is 23.7 Å². The molecule has 6 rings (SSSR count). The second-order valence-electron chi connectivity index (χ2n) is 9.22. The van der Waals surface area contributed by atoms with E-state index < -0.39 is 59.1 Å². The number of phenolic OH excluding ortho intramolecular Hbond substituents is 1. The Morgan fingerprint density at radius 3 is 2.18 bits per heavy atom. The normalized spacial score (nSPS) is 33.3. The van der Waals surface area contributed by atoms with Gasteiger partial charge in [0.15, 0.2) is 0 Å². The minimum atomic E-state index is -0.948. The summed E-state index contributed by atoms with van der Waals surface area (Å²) in [6.45, 7) is 0. The first-order valence-corrected chi connectivity index (χ1v) is 10.8. The number of aromatic hydroxyl groups is 1. The van der Waals surface area contributed by atoms with E-state index in [1.54, 1.807) is 18.2 Å². The fourth-order valence-corrected chi connectivity index (χ4v) is 6.49. The highest BCUT2D eigenvalue weighted by Gasteiger charge is 2.62. The molecule has 2 aromatic carbocycles. The van der Waals surface area contributed by atoms with Gasteiger partial charge in [-0.3, -0.25) is 29.6 Å². The summed E-state index contributed by atoms with van der Waals surface area (Å²) >= 11 is 0. The number of rotatable bonds is 1. The van der Waals surface area contributed by atoms with Crippen molar-refractivity contribution in [1.82, 2.24) is 10.1 Å². The number of allylic oxidation sites excluding steroid dienone is 2. The lowest BCUT2D eigenvalue weighted by Crippen LogP contribution is -2.43. The lowest BCUT2D eigenvalue weighted by Gasteiger charge is -2.44. The lowest BCUT2D eigenvalue weighted by molar-refractivity contribution is -0.174. The Bertz CT molecular complexity index is 1300. The van der Waals surface area contributed by atoms with Crippen LogP contribution in [0.5, 0.6) is 5.75 Å². The van der Waals surface area contributed by atoms with Crippen LogP contribution >= 0.6 is 0 Å². The number of carbonyl (C=O) groups is 4. The van der Waals surface area contributed by atoms with Gasteiger partial charge >= 0.3 is 0 Å². The van der Waals surface area contributed by atoms with Crippen LogP contribution < -0.4 is 0 Å². The van der Waals surface area contributed by atoms with Crippen molar-refractivity contribution in [3.63, 3.8) is 0 Å². The number of nitrogens with zero attached hydrogens (tertiary/aromatic N) is 2. The van der Waals surface area contributed by atoms with E-state index in [-0.39, 0.29) is 28.7 Å². The number of fused-ring (bicyclic) bond motifs is 5. The zero-order chi connectivity index (χ0) is 23.2.